The van der Waals surface area contributed by atoms with Crippen LogP contribution in [0.25, 0.3) is 0 Å². The molecule has 0 spiro atoms. The van der Waals surface area contributed by atoms with Crippen LogP contribution in [0, 0.1) is 0 Å². The molecule has 0 bridgehead atoms. The summed E-state index contributed by atoms with van der Waals surface area (Å²) in [6, 6.07) is 0. The van der Waals surface area contributed by atoms with Crippen molar-refractivity contribution in [1.29, 1.82) is 0 Å². The molecule has 0 aromatic rings. The van der Waals surface area contributed by atoms with Gasteiger partial charge >= 0.3 is 211 Å². The van der Waals surface area contributed by atoms with Crippen LogP contribution in [0.15, 0.2) is 18.2 Å². The Bertz CT molecular complexity index is 682. The zero-order valence-corrected chi connectivity index (χ0v) is 29.9. The second kappa shape index (κ2) is 9.98. The van der Waals surface area contributed by atoms with Gasteiger partial charge in [-0.1, -0.05) is 0 Å². The number of hydrogen-bond donors (Lipinski definition) is 0. The van der Waals surface area contributed by atoms with Crippen LogP contribution in [-0.2, 0) is 0 Å². The van der Waals surface area contributed by atoms with E-state index in [0.717, 1.165) is 0 Å². The standard InChI is InChI=1S/C12H21B.2C7H18NSi.Sn/c1-6-11(7-2)12(8-3)13(9-4)10-5;2*1-7(2,3)8-9(4,5)6;/h6,9-10H2,1-5H3;2*1-6H3;/q;2*-1;+2. The normalized spacial score (nSPS) is 18.5. The van der Waals surface area contributed by atoms with E-state index in [4.69, 9.17) is 0 Å². The zero-order chi connectivity index (χ0) is 25.7. The maximum absolute atomic E-state index is 3.45. The number of rotatable bonds is 8. The van der Waals surface area contributed by atoms with Crippen LogP contribution in [0.5, 0.6) is 0 Å². The SMILES string of the molecule is CCB(CC)C1=[C](C)[Sn]([N](C(C)(C)C)[Si](C)(C)C)([N](C(C)(C)C)[Si](C)(C)C)[C](C)=C1CC. The first-order chi connectivity index (χ1) is 14.1. The number of hydrogen-bond acceptors (Lipinski definition) is 2. The quantitative estimate of drug-likeness (QED) is 0.265. The molecule has 1 heterocycles. The molecule has 0 unspecified atom stereocenters. The Balaban J connectivity index is 4.44. The fourth-order valence-electron chi connectivity index (χ4n) is 7.54. The van der Waals surface area contributed by atoms with Crippen LogP contribution in [0.1, 0.15) is 82.6 Å². The molecule has 0 aromatic carbocycles. The Hall–Kier alpha value is 0.697. The second-order valence-corrected chi connectivity index (χ2v) is 36.8. The third-order valence-electron chi connectivity index (χ3n) is 7.31. The predicted octanol–water partition coefficient (Wildman–Crippen LogP) is 8.51. The van der Waals surface area contributed by atoms with E-state index in [9.17, 15) is 0 Å². The van der Waals surface area contributed by atoms with Crippen molar-refractivity contribution in [3.63, 3.8) is 0 Å². The van der Waals surface area contributed by atoms with E-state index >= 15 is 0 Å². The minimum absolute atomic E-state index is 0.161. The van der Waals surface area contributed by atoms with Crippen LogP contribution < -0.4 is 0 Å². The summed E-state index contributed by atoms with van der Waals surface area (Å²) in [6.07, 6.45) is 3.70. The third kappa shape index (κ3) is 5.42. The van der Waals surface area contributed by atoms with E-state index in [0.29, 0.717) is 6.71 Å². The molecule has 0 fully saturated rings. The molecule has 0 radical (unpaired) electrons. The Morgan fingerprint density at radius 1 is 0.688 bits per heavy atom. The molecule has 0 saturated carbocycles. The molecule has 186 valence electrons. The van der Waals surface area contributed by atoms with Gasteiger partial charge in [-0.15, -0.1) is 0 Å². The summed E-state index contributed by atoms with van der Waals surface area (Å²) in [6.45, 7) is 43.9. The molecule has 0 N–H and O–H groups in total. The molecule has 6 heteroatoms. The van der Waals surface area contributed by atoms with Crippen LogP contribution in [-0.4, -0.2) is 58.8 Å². The van der Waals surface area contributed by atoms with Crippen molar-refractivity contribution in [1.82, 2.24) is 5.57 Å². The van der Waals surface area contributed by atoms with Gasteiger partial charge in [0.25, 0.3) is 0 Å². The van der Waals surface area contributed by atoms with Gasteiger partial charge in [0.2, 0.25) is 0 Å². The molecule has 1 rings (SSSR count). The van der Waals surface area contributed by atoms with Gasteiger partial charge in [-0.05, 0) is 0 Å². The summed E-state index contributed by atoms with van der Waals surface area (Å²) in [5.41, 5.74) is 3.85. The first-order valence-corrected chi connectivity index (χ1v) is 25.5. The summed E-state index contributed by atoms with van der Waals surface area (Å²) in [5.74, 6) is 0. The molecule has 1 aliphatic heterocycles. The molecule has 32 heavy (non-hydrogen) atoms. The molecule has 0 aliphatic carbocycles. The molecule has 0 aromatic heterocycles. The fraction of sp³-hybridized carbons (Fsp3) is 0.846. The average molecular weight is 583 g/mol. The minimum atomic E-state index is -3.45. The first kappa shape index (κ1) is 30.7. The van der Waals surface area contributed by atoms with E-state index in [1.165, 1.54) is 19.1 Å². The molecule has 0 amide bonds. The maximum atomic E-state index is 3.23. The van der Waals surface area contributed by atoms with Gasteiger partial charge in [-0.2, -0.15) is 0 Å². The molecular formula is C26H57BN2Si2Sn. The van der Waals surface area contributed by atoms with Crippen molar-refractivity contribution in [2.24, 2.45) is 0 Å². The van der Waals surface area contributed by atoms with Gasteiger partial charge in [-0.3, -0.25) is 0 Å². The predicted molar refractivity (Wildman–Crippen MR) is 158 cm³/mol. The van der Waals surface area contributed by atoms with E-state index in [2.05, 4.69) is 121 Å². The summed E-state index contributed by atoms with van der Waals surface area (Å²) >= 11 is -3.45. The molecule has 1 aliphatic rings. The molecular weight excluding hydrogens is 526 g/mol. The molecule has 2 nitrogen and oxygen atoms in total. The fourth-order valence-corrected chi connectivity index (χ4v) is 52.4. The van der Waals surface area contributed by atoms with Crippen LogP contribution in [0.3, 0.4) is 0 Å². The van der Waals surface area contributed by atoms with Gasteiger partial charge in [0, 0.05) is 0 Å². The molecule has 0 atom stereocenters. The Morgan fingerprint density at radius 2 is 1.03 bits per heavy atom. The first-order valence-electron chi connectivity index (χ1n) is 13.2. The van der Waals surface area contributed by atoms with Crippen LogP contribution in [0.2, 0.25) is 51.9 Å². The van der Waals surface area contributed by atoms with Crippen molar-refractivity contribution in [3.05, 3.63) is 18.2 Å². The van der Waals surface area contributed by atoms with E-state index < -0.39 is 35.4 Å². The van der Waals surface area contributed by atoms with Crippen molar-refractivity contribution in [3.8, 4) is 0 Å². The average Bonchev–Trinajstić information content (AvgIpc) is 2.73. The van der Waals surface area contributed by atoms with Gasteiger partial charge in [0.15, 0.2) is 0 Å². The second-order valence-electron chi connectivity index (χ2n) is 14.0. The summed E-state index contributed by atoms with van der Waals surface area (Å²) in [5, 5.41) is 0. The third-order valence-corrected chi connectivity index (χ3v) is 42.3. The summed E-state index contributed by atoms with van der Waals surface area (Å²) in [7, 11) is -3.30. The van der Waals surface area contributed by atoms with Crippen LogP contribution >= 0.6 is 0 Å². The van der Waals surface area contributed by atoms with Gasteiger partial charge < -0.3 is 0 Å². The number of allylic oxidation sites excluding steroid dienone is 4. The van der Waals surface area contributed by atoms with Gasteiger partial charge in [0.05, 0.1) is 0 Å². The van der Waals surface area contributed by atoms with Gasteiger partial charge in [0.1, 0.15) is 0 Å². The Morgan fingerprint density at radius 3 is 1.25 bits per heavy atom. The summed E-state index contributed by atoms with van der Waals surface area (Å²) in [4.78, 5) is 0. The van der Waals surface area contributed by atoms with Crippen LogP contribution in [0.4, 0.5) is 0 Å². The van der Waals surface area contributed by atoms with Gasteiger partial charge in [-0.25, -0.2) is 0 Å². The van der Waals surface area contributed by atoms with E-state index in [1.54, 1.807) is 11.0 Å². The summed E-state index contributed by atoms with van der Waals surface area (Å²) < 4.78 is 10.1. The Kier molecular flexibility index (Phi) is 9.59. The van der Waals surface area contributed by atoms with Crippen molar-refractivity contribution in [2.45, 2.75) is 146 Å². The van der Waals surface area contributed by atoms with Crippen molar-refractivity contribution < 1.29 is 0 Å². The number of nitrogens with zero attached hydrogens (tertiary/aromatic N) is 2. The molecule has 0 saturated heterocycles. The Labute approximate surface area is 210 Å². The topological polar surface area (TPSA) is 6.48 Å². The monoisotopic (exact) mass is 584 g/mol. The van der Waals surface area contributed by atoms with E-state index in [-0.39, 0.29) is 11.1 Å². The van der Waals surface area contributed by atoms with Crippen molar-refractivity contribution >= 4 is 42.1 Å². The van der Waals surface area contributed by atoms with Crippen molar-refractivity contribution in [2.75, 3.05) is 0 Å². The zero-order valence-electron chi connectivity index (χ0n) is 25.1. The van der Waals surface area contributed by atoms with E-state index in [1.807, 2.05) is 7.18 Å².